The maximum absolute atomic E-state index is 14.2. The fourth-order valence-electron chi connectivity index (χ4n) is 4.13. The predicted molar refractivity (Wildman–Crippen MR) is 122 cm³/mol. The van der Waals surface area contributed by atoms with Crippen molar-refractivity contribution in [1.29, 1.82) is 0 Å². The van der Waals surface area contributed by atoms with Crippen molar-refractivity contribution in [2.75, 3.05) is 29.0 Å². The molecule has 1 saturated heterocycles. The smallest absolute Gasteiger partial charge is 0.228 e. The molecule has 0 saturated carbocycles. The zero-order valence-electron chi connectivity index (χ0n) is 18.6. The molecule has 0 bridgehead atoms. The van der Waals surface area contributed by atoms with Crippen LogP contribution in [-0.2, 0) is 4.79 Å². The third-order valence-corrected chi connectivity index (χ3v) is 5.65. The van der Waals surface area contributed by atoms with Gasteiger partial charge in [0.2, 0.25) is 17.8 Å². The van der Waals surface area contributed by atoms with E-state index in [4.69, 9.17) is 10.7 Å². The summed E-state index contributed by atoms with van der Waals surface area (Å²) in [4.78, 5) is 31.0. The van der Waals surface area contributed by atoms with Crippen LogP contribution in [0.3, 0.4) is 0 Å². The van der Waals surface area contributed by atoms with Gasteiger partial charge in [-0.15, -0.1) is 0 Å². The summed E-state index contributed by atoms with van der Waals surface area (Å²) in [7, 11) is 0. The fourth-order valence-corrected chi connectivity index (χ4v) is 4.13. The second-order valence-corrected chi connectivity index (χ2v) is 8.21. The van der Waals surface area contributed by atoms with Gasteiger partial charge in [0, 0.05) is 42.6 Å². The second kappa shape index (κ2) is 8.52. The van der Waals surface area contributed by atoms with Gasteiger partial charge in [0.15, 0.2) is 0 Å². The van der Waals surface area contributed by atoms with Crippen molar-refractivity contribution >= 4 is 34.5 Å². The van der Waals surface area contributed by atoms with Crippen LogP contribution in [0.25, 0.3) is 10.9 Å². The van der Waals surface area contributed by atoms with Crippen LogP contribution < -0.4 is 21.3 Å². The maximum Gasteiger partial charge on any atom is 0.228 e. The lowest BCUT2D eigenvalue weighted by molar-refractivity contribution is -0.119. The lowest BCUT2D eigenvalue weighted by atomic mass is 10.0. The average molecular weight is 439 g/mol. The summed E-state index contributed by atoms with van der Waals surface area (Å²) < 4.78 is 14.2. The number of nitrogens with zero attached hydrogens (tertiary/aromatic N) is 5. The first kappa shape index (κ1) is 21.7. The van der Waals surface area contributed by atoms with E-state index < -0.39 is 0 Å². The van der Waals surface area contributed by atoms with Gasteiger partial charge in [-0.3, -0.25) is 4.79 Å². The van der Waals surface area contributed by atoms with Crippen molar-refractivity contribution in [2.45, 2.75) is 46.2 Å². The number of carbonyl (C=O) groups excluding carboxylic acids is 1. The van der Waals surface area contributed by atoms with Crippen LogP contribution in [0.15, 0.2) is 18.2 Å². The van der Waals surface area contributed by atoms with Gasteiger partial charge in [0.05, 0.1) is 11.6 Å². The molecule has 1 fully saturated rings. The SMILES string of the molecule is CC(=O)NC1CCN(c2nc3c(C)c(F)ccc3cc2[C@H](C)Nc2nc(C)nc(N)n2)C1. The zero-order valence-corrected chi connectivity index (χ0v) is 18.6. The minimum Gasteiger partial charge on any atom is -0.368 e. The molecule has 4 rings (SSSR count). The van der Waals surface area contributed by atoms with Gasteiger partial charge in [0.1, 0.15) is 17.5 Å². The normalized spacial score (nSPS) is 16.9. The average Bonchev–Trinajstić information content (AvgIpc) is 3.17. The molecule has 1 amide bonds. The van der Waals surface area contributed by atoms with E-state index in [9.17, 15) is 9.18 Å². The highest BCUT2D eigenvalue weighted by Gasteiger charge is 2.28. The van der Waals surface area contributed by atoms with Crippen LogP contribution in [-0.4, -0.2) is 45.0 Å². The Bertz CT molecular complexity index is 1160. The molecule has 0 aliphatic carbocycles. The quantitative estimate of drug-likeness (QED) is 0.556. The molecule has 3 heterocycles. The molecule has 10 heteroatoms. The number of nitrogen functional groups attached to an aromatic ring is 1. The summed E-state index contributed by atoms with van der Waals surface area (Å²) in [6.07, 6.45) is 0.811. The molecule has 168 valence electrons. The van der Waals surface area contributed by atoms with Gasteiger partial charge in [-0.1, -0.05) is 0 Å². The first-order valence-corrected chi connectivity index (χ1v) is 10.6. The van der Waals surface area contributed by atoms with Crippen LogP contribution in [0.5, 0.6) is 0 Å². The molecule has 4 N–H and O–H groups in total. The van der Waals surface area contributed by atoms with Crippen molar-refractivity contribution in [3.63, 3.8) is 0 Å². The Morgan fingerprint density at radius 1 is 1.25 bits per heavy atom. The summed E-state index contributed by atoms with van der Waals surface area (Å²) >= 11 is 0. The number of hydrogen-bond donors (Lipinski definition) is 3. The Morgan fingerprint density at radius 3 is 2.75 bits per heavy atom. The summed E-state index contributed by atoms with van der Waals surface area (Å²) in [6, 6.07) is 5.04. The van der Waals surface area contributed by atoms with E-state index in [0.29, 0.717) is 29.4 Å². The molecule has 1 unspecified atom stereocenters. The number of halogens is 1. The number of benzene rings is 1. The summed E-state index contributed by atoms with van der Waals surface area (Å²) in [5, 5.41) is 7.11. The molecule has 1 aliphatic heterocycles. The first-order chi connectivity index (χ1) is 15.2. The Balaban J connectivity index is 1.75. The first-order valence-electron chi connectivity index (χ1n) is 10.6. The van der Waals surface area contributed by atoms with Gasteiger partial charge in [-0.2, -0.15) is 15.0 Å². The number of carbonyl (C=O) groups is 1. The Labute approximate surface area is 185 Å². The molecular formula is C22H27FN8O. The van der Waals surface area contributed by atoms with Crippen molar-refractivity contribution < 1.29 is 9.18 Å². The number of aryl methyl sites for hydroxylation is 2. The van der Waals surface area contributed by atoms with E-state index in [2.05, 4.69) is 30.5 Å². The van der Waals surface area contributed by atoms with Crippen molar-refractivity contribution in [3.8, 4) is 0 Å². The fraction of sp³-hybridized carbons (Fsp3) is 0.409. The lowest BCUT2D eigenvalue weighted by Crippen LogP contribution is -2.36. The van der Waals surface area contributed by atoms with Gasteiger partial charge in [0.25, 0.3) is 0 Å². The van der Waals surface area contributed by atoms with Crippen molar-refractivity contribution in [3.05, 3.63) is 41.0 Å². The number of nitrogens with one attached hydrogen (secondary N) is 2. The van der Waals surface area contributed by atoms with Gasteiger partial charge < -0.3 is 21.3 Å². The molecular weight excluding hydrogens is 411 g/mol. The Kier molecular flexibility index (Phi) is 5.77. The molecule has 2 atom stereocenters. The number of pyridine rings is 1. The highest BCUT2D eigenvalue weighted by Crippen LogP contribution is 2.33. The Hall–Kier alpha value is -3.56. The van der Waals surface area contributed by atoms with Crippen molar-refractivity contribution in [2.24, 2.45) is 0 Å². The molecule has 2 aromatic heterocycles. The van der Waals surface area contributed by atoms with E-state index in [-0.39, 0.29) is 29.8 Å². The number of hydrogen-bond acceptors (Lipinski definition) is 8. The topological polar surface area (TPSA) is 122 Å². The van der Waals surface area contributed by atoms with E-state index >= 15 is 0 Å². The van der Waals surface area contributed by atoms with E-state index in [1.54, 1.807) is 19.9 Å². The largest absolute Gasteiger partial charge is 0.368 e. The van der Waals surface area contributed by atoms with E-state index in [1.807, 2.05) is 13.0 Å². The van der Waals surface area contributed by atoms with Gasteiger partial charge in [-0.05, 0) is 45.4 Å². The predicted octanol–water partition coefficient (Wildman–Crippen LogP) is 2.65. The molecule has 3 aromatic rings. The zero-order chi connectivity index (χ0) is 23.0. The number of aromatic nitrogens is 4. The number of fused-ring (bicyclic) bond motifs is 1. The standard InChI is InChI=1S/C22H27FN8O/c1-11-18(23)6-5-15-9-17(12(2)25-22-27-13(3)26-21(24)30-22)20(29-19(11)15)31-8-7-16(10-31)28-14(4)32/h5-6,9,12,16H,7-8,10H2,1-4H3,(H,28,32)(H3,24,25,26,27,30)/t12-,16?/m0/s1. The molecule has 0 spiro atoms. The van der Waals surface area contributed by atoms with Crippen LogP contribution in [0.4, 0.5) is 22.1 Å². The highest BCUT2D eigenvalue weighted by molar-refractivity contribution is 5.85. The lowest BCUT2D eigenvalue weighted by Gasteiger charge is -2.25. The van der Waals surface area contributed by atoms with Crippen LogP contribution in [0.2, 0.25) is 0 Å². The molecule has 32 heavy (non-hydrogen) atoms. The monoisotopic (exact) mass is 438 g/mol. The summed E-state index contributed by atoms with van der Waals surface area (Å²) in [6.45, 7) is 8.35. The van der Waals surface area contributed by atoms with E-state index in [1.165, 1.54) is 13.0 Å². The Morgan fingerprint density at radius 2 is 2.03 bits per heavy atom. The molecule has 9 nitrogen and oxygen atoms in total. The van der Waals surface area contributed by atoms with Gasteiger partial charge >= 0.3 is 0 Å². The molecule has 1 aliphatic rings. The maximum atomic E-state index is 14.2. The minimum atomic E-state index is -0.288. The molecule has 0 radical (unpaired) electrons. The van der Waals surface area contributed by atoms with Gasteiger partial charge in [-0.25, -0.2) is 9.37 Å². The minimum absolute atomic E-state index is 0.0423. The third-order valence-electron chi connectivity index (χ3n) is 5.65. The number of rotatable bonds is 5. The number of amides is 1. The number of nitrogens with two attached hydrogens (primary N) is 1. The van der Waals surface area contributed by atoms with Crippen LogP contribution >= 0.6 is 0 Å². The van der Waals surface area contributed by atoms with Crippen LogP contribution in [0.1, 0.15) is 43.3 Å². The summed E-state index contributed by atoms with van der Waals surface area (Å²) in [5.74, 6) is 1.45. The van der Waals surface area contributed by atoms with E-state index in [0.717, 1.165) is 29.7 Å². The van der Waals surface area contributed by atoms with Crippen molar-refractivity contribution in [1.82, 2.24) is 25.3 Å². The van der Waals surface area contributed by atoms with Crippen LogP contribution in [0, 0.1) is 19.7 Å². The third kappa shape index (κ3) is 4.39. The summed E-state index contributed by atoms with van der Waals surface area (Å²) in [5.41, 5.74) is 7.82. The molecule has 1 aromatic carbocycles. The highest BCUT2D eigenvalue weighted by atomic mass is 19.1. The second-order valence-electron chi connectivity index (χ2n) is 8.21. The number of anilines is 3.